The van der Waals surface area contributed by atoms with Gasteiger partial charge in [-0.25, -0.2) is 17.6 Å². The van der Waals surface area contributed by atoms with E-state index in [0.717, 1.165) is 25.0 Å². The molecule has 134 valence electrons. The second-order valence-corrected chi connectivity index (χ2v) is 7.23. The average molecular weight is 365 g/mol. The highest BCUT2D eigenvalue weighted by Crippen LogP contribution is 2.20. The molecular weight excluding hydrogens is 345 g/mol. The molecule has 0 bridgehead atoms. The summed E-state index contributed by atoms with van der Waals surface area (Å²) in [4.78, 5) is 11.8. The lowest BCUT2D eigenvalue weighted by Gasteiger charge is -2.11. The van der Waals surface area contributed by atoms with Gasteiger partial charge in [0.05, 0.1) is 17.1 Å². The van der Waals surface area contributed by atoms with Gasteiger partial charge in [0.2, 0.25) is 0 Å². The number of aryl methyl sites for hydroxylation is 1. The summed E-state index contributed by atoms with van der Waals surface area (Å²) < 4.78 is 45.4. The number of nitrogens with one attached hydrogen (secondary N) is 1. The first-order chi connectivity index (χ1) is 11.8. The van der Waals surface area contributed by atoms with Crippen molar-refractivity contribution in [2.45, 2.75) is 31.6 Å². The van der Waals surface area contributed by atoms with Gasteiger partial charge < -0.3 is 4.74 Å². The van der Waals surface area contributed by atoms with Crippen LogP contribution in [0.5, 0.6) is 0 Å². The quantitative estimate of drug-likeness (QED) is 0.597. The number of hydrogen-bond donors (Lipinski definition) is 1. The zero-order chi connectivity index (χ0) is 18.4. The lowest BCUT2D eigenvalue weighted by molar-refractivity contribution is 0.0500. The third kappa shape index (κ3) is 5.03. The van der Waals surface area contributed by atoms with Gasteiger partial charge in [-0.15, -0.1) is 0 Å². The molecule has 0 heterocycles. The summed E-state index contributed by atoms with van der Waals surface area (Å²) >= 11 is 0. The van der Waals surface area contributed by atoms with Gasteiger partial charge in [0.15, 0.2) is 0 Å². The van der Waals surface area contributed by atoms with E-state index in [1.807, 2.05) is 6.92 Å². The van der Waals surface area contributed by atoms with Crippen molar-refractivity contribution in [3.63, 3.8) is 0 Å². The number of ether oxygens (including phenoxy) is 1. The Morgan fingerprint density at radius 3 is 2.44 bits per heavy atom. The van der Waals surface area contributed by atoms with Gasteiger partial charge in [0.25, 0.3) is 10.0 Å². The van der Waals surface area contributed by atoms with Crippen LogP contribution in [0.25, 0.3) is 0 Å². The molecule has 0 saturated heterocycles. The second kappa shape index (κ2) is 8.11. The van der Waals surface area contributed by atoms with E-state index in [9.17, 15) is 17.6 Å². The first-order valence-electron chi connectivity index (χ1n) is 7.89. The molecule has 7 heteroatoms. The molecule has 1 N–H and O–H groups in total. The summed E-state index contributed by atoms with van der Waals surface area (Å²) in [5.41, 5.74) is 0.953. The van der Waals surface area contributed by atoms with Crippen molar-refractivity contribution in [2.75, 3.05) is 11.3 Å². The van der Waals surface area contributed by atoms with E-state index < -0.39 is 21.8 Å². The number of unbranched alkanes of at least 4 members (excludes halogenated alkanes) is 1. The molecule has 0 radical (unpaired) electrons. The van der Waals surface area contributed by atoms with E-state index in [4.69, 9.17) is 4.74 Å². The topological polar surface area (TPSA) is 72.5 Å². The molecule has 2 aromatic carbocycles. The van der Waals surface area contributed by atoms with E-state index in [1.54, 1.807) is 0 Å². The van der Waals surface area contributed by atoms with Gasteiger partial charge in [-0.2, -0.15) is 0 Å². The summed E-state index contributed by atoms with van der Waals surface area (Å²) in [6, 6.07) is 9.40. The van der Waals surface area contributed by atoms with Crippen molar-refractivity contribution in [3.05, 3.63) is 59.4 Å². The Morgan fingerprint density at radius 2 is 1.84 bits per heavy atom. The normalized spacial score (nSPS) is 11.2. The Labute approximate surface area is 146 Å². The van der Waals surface area contributed by atoms with Crippen molar-refractivity contribution >= 4 is 21.7 Å². The molecule has 0 fully saturated rings. The molecule has 5 nitrogen and oxygen atoms in total. The van der Waals surface area contributed by atoms with Gasteiger partial charge in [0, 0.05) is 5.69 Å². The summed E-state index contributed by atoms with van der Waals surface area (Å²) in [7, 11) is -3.84. The van der Waals surface area contributed by atoms with E-state index in [-0.39, 0.29) is 4.90 Å². The lowest BCUT2D eigenvalue weighted by atomic mass is 10.2. The Kier molecular flexibility index (Phi) is 6.14. The maximum absolute atomic E-state index is 13.1. The molecular formula is C18H20FNO4S. The number of halogens is 1. The molecule has 2 aromatic rings. The fourth-order valence-electron chi connectivity index (χ4n) is 2.19. The molecule has 0 aromatic heterocycles. The van der Waals surface area contributed by atoms with Crippen LogP contribution >= 0.6 is 0 Å². The highest BCUT2D eigenvalue weighted by molar-refractivity contribution is 7.92. The highest BCUT2D eigenvalue weighted by atomic mass is 32.2. The average Bonchev–Trinajstić information content (AvgIpc) is 2.55. The van der Waals surface area contributed by atoms with Crippen molar-refractivity contribution in [3.8, 4) is 0 Å². The monoisotopic (exact) mass is 365 g/mol. The number of hydrogen-bond acceptors (Lipinski definition) is 4. The van der Waals surface area contributed by atoms with E-state index in [1.165, 1.54) is 37.3 Å². The molecule has 0 aliphatic heterocycles. The lowest BCUT2D eigenvalue weighted by Crippen LogP contribution is -2.14. The first kappa shape index (κ1) is 18.9. The number of esters is 1. The number of sulfonamides is 1. The predicted octanol–water partition coefficient (Wildman–Crippen LogP) is 3.89. The van der Waals surface area contributed by atoms with Gasteiger partial charge in [-0.3, -0.25) is 4.72 Å². The van der Waals surface area contributed by atoms with Crippen LogP contribution in [0.3, 0.4) is 0 Å². The number of carbonyl (C=O) groups excluding carboxylic acids is 1. The van der Waals surface area contributed by atoms with E-state index in [0.29, 0.717) is 23.4 Å². The fraction of sp³-hybridized carbons (Fsp3) is 0.278. The number of benzene rings is 2. The van der Waals surface area contributed by atoms with E-state index >= 15 is 0 Å². The Morgan fingerprint density at radius 1 is 1.16 bits per heavy atom. The van der Waals surface area contributed by atoms with Gasteiger partial charge >= 0.3 is 5.97 Å². The van der Waals surface area contributed by atoms with Gasteiger partial charge in [-0.05, 0) is 61.4 Å². The molecule has 0 saturated carbocycles. The van der Waals surface area contributed by atoms with Crippen LogP contribution in [0.15, 0.2) is 47.4 Å². The maximum Gasteiger partial charge on any atom is 0.338 e. The number of carbonyl (C=O) groups is 1. The fourth-order valence-corrected chi connectivity index (χ4v) is 3.48. The summed E-state index contributed by atoms with van der Waals surface area (Å²) in [5.74, 6) is -0.945. The zero-order valence-electron chi connectivity index (χ0n) is 14.1. The van der Waals surface area contributed by atoms with Crippen molar-refractivity contribution in [1.29, 1.82) is 0 Å². The summed E-state index contributed by atoms with van der Waals surface area (Å²) in [6.45, 7) is 3.87. The molecule has 0 unspecified atom stereocenters. The van der Waals surface area contributed by atoms with Crippen molar-refractivity contribution in [1.82, 2.24) is 0 Å². The Hall–Kier alpha value is -2.41. The summed E-state index contributed by atoms with van der Waals surface area (Å²) in [5, 5.41) is 0. The second-order valence-electron chi connectivity index (χ2n) is 5.58. The first-order valence-corrected chi connectivity index (χ1v) is 9.38. The predicted molar refractivity (Wildman–Crippen MR) is 93.6 cm³/mol. The minimum atomic E-state index is -3.84. The third-order valence-electron chi connectivity index (χ3n) is 3.53. The molecule has 0 atom stereocenters. The third-order valence-corrected chi connectivity index (χ3v) is 5.07. The number of anilines is 1. The smallest absolute Gasteiger partial charge is 0.338 e. The van der Waals surface area contributed by atoms with Crippen LogP contribution in [0.2, 0.25) is 0 Å². The van der Waals surface area contributed by atoms with Crippen LogP contribution < -0.4 is 4.72 Å². The van der Waals surface area contributed by atoms with Crippen LogP contribution in [0, 0.1) is 12.7 Å². The van der Waals surface area contributed by atoms with Crippen LogP contribution in [0.4, 0.5) is 10.1 Å². The van der Waals surface area contributed by atoms with Crippen LogP contribution in [-0.2, 0) is 14.8 Å². The highest BCUT2D eigenvalue weighted by Gasteiger charge is 2.17. The van der Waals surface area contributed by atoms with Gasteiger partial charge in [0.1, 0.15) is 5.82 Å². The summed E-state index contributed by atoms with van der Waals surface area (Å²) in [6.07, 6.45) is 1.72. The maximum atomic E-state index is 13.1. The molecule has 0 amide bonds. The molecule has 0 aliphatic carbocycles. The van der Waals surface area contributed by atoms with Crippen LogP contribution in [0.1, 0.15) is 35.7 Å². The van der Waals surface area contributed by atoms with E-state index in [2.05, 4.69) is 4.72 Å². The largest absolute Gasteiger partial charge is 0.462 e. The minimum Gasteiger partial charge on any atom is -0.462 e. The molecule has 0 spiro atoms. The molecule has 2 rings (SSSR count). The molecule has 25 heavy (non-hydrogen) atoms. The number of rotatable bonds is 7. The zero-order valence-corrected chi connectivity index (χ0v) is 14.9. The SMILES string of the molecule is CCCCOC(=O)c1ccc(NS(=O)(=O)c2ccc(F)cc2C)cc1. The van der Waals surface area contributed by atoms with Gasteiger partial charge in [-0.1, -0.05) is 13.3 Å². The van der Waals surface area contributed by atoms with Crippen LogP contribution in [-0.4, -0.2) is 21.0 Å². The van der Waals surface area contributed by atoms with Crippen molar-refractivity contribution in [2.24, 2.45) is 0 Å². The minimum absolute atomic E-state index is 0.00282. The Balaban J connectivity index is 2.11. The van der Waals surface area contributed by atoms with Crippen molar-refractivity contribution < 1.29 is 22.3 Å². The molecule has 0 aliphatic rings. The standard InChI is InChI=1S/C18H20FNO4S/c1-3-4-11-24-18(21)14-5-8-16(9-6-14)20-25(22,23)17-10-7-15(19)12-13(17)2/h5-10,12,20H,3-4,11H2,1-2H3. The Bertz CT molecular complexity index is 848.